The van der Waals surface area contributed by atoms with E-state index in [2.05, 4.69) is 36.2 Å². The smallest absolute Gasteiger partial charge is 0.0555 e. The molecule has 0 aliphatic heterocycles. The molecular formula is C15H18N2. The van der Waals surface area contributed by atoms with E-state index in [0.29, 0.717) is 0 Å². The Morgan fingerprint density at radius 2 is 2.12 bits per heavy atom. The average molecular weight is 226 g/mol. The van der Waals surface area contributed by atoms with Crippen LogP contribution in [0.4, 0.5) is 0 Å². The molecule has 1 atom stereocenters. The first-order chi connectivity index (χ1) is 8.22. The average Bonchev–Trinajstić information content (AvgIpc) is 2.38. The van der Waals surface area contributed by atoms with Gasteiger partial charge in [0.2, 0.25) is 0 Å². The van der Waals surface area contributed by atoms with Crippen molar-refractivity contribution in [1.82, 2.24) is 4.98 Å². The van der Waals surface area contributed by atoms with Crippen LogP contribution >= 0.6 is 0 Å². The Bertz CT molecular complexity index is 506. The van der Waals surface area contributed by atoms with E-state index in [1.807, 2.05) is 19.2 Å². The van der Waals surface area contributed by atoms with E-state index < -0.39 is 0 Å². The number of hydrogen-bond acceptors (Lipinski definition) is 2. The van der Waals surface area contributed by atoms with Crippen LogP contribution < -0.4 is 5.73 Å². The van der Waals surface area contributed by atoms with Gasteiger partial charge in [-0.1, -0.05) is 31.2 Å². The van der Waals surface area contributed by atoms with Crippen molar-refractivity contribution in [2.45, 2.75) is 26.3 Å². The number of aryl methyl sites for hydroxylation is 2. The first kappa shape index (κ1) is 11.8. The van der Waals surface area contributed by atoms with Crippen molar-refractivity contribution in [1.29, 1.82) is 0 Å². The van der Waals surface area contributed by atoms with Crippen LogP contribution in [0.25, 0.3) is 0 Å². The first-order valence-electron chi connectivity index (χ1n) is 5.97. The lowest BCUT2D eigenvalue weighted by molar-refractivity contribution is 0.853. The molecule has 1 unspecified atom stereocenters. The molecule has 88 valence electrons. The van der Waals surface area contributed by atoms with E-state index in [-0.39, 0.29) is 6.04 Å². The summed E-state index contributed by atoms with van der Waals surface area (Å²) in [7, 11) is 0. The summed E-state index contributed by atoms with van der Waals surface area (Å²) in [4.78, 5) is 4.10. The molecule has 17 heavy (non-hydrogen) atoms. The summed E-state index contributed by atoms with van der Waals surface area (Å²) in [5, 5.41) is 0. The minimum Gasteiger partial charge on any atom is -0.320 e. The Balaban J connectivity index is 2.37. The first-order valence-corrected chi connectivity index (χ1v) is 5.97. The third-order valence-corrected chi connectivity index (χ3v) is 3.12. The highest BCUT2D eigenvalue weighted by atomic mass is 14.7. The zero-order valence-corrected chi connectivity index (χ0v) is 10.4. The Kier molecular flexibility index (Phi) is 3.55. The number of rotatable bonds is 3. The number of pyridine rings is 1. The quantitative estimate of drug-likeness (QED) is 0.873. The lowest BCUT2D eigenvalue weighted by Gasteiger charge is -2.15. The normalized spacial score (nSPS) is 12.4. The summed E-state index contributed by atoms with van der Waals surface area (Å²) in [5.74, 6) is 0. The van der Waals surface area contributed by atoms with Gasteiger partial charge in [0.1, 0.15) is 0 Å². The van der Waals surface area contributed by atoms with Crippen molar-refractivity contribution in [2.24, 2.45) is 5.73 Å². The SMILES string of the molecule is CCc1cccc(C(N)c2ccncc2C)c1. The molecular weight excluding hydrogens is 208 g/mol. The lowest BCUT2D eigenvalue weighted by atomic mass is 9.95. The van der Waals surface area contributed by atoms with Crippen LogP contribution in [-0.2, 0) is 6.42 Å². The van der Waals surface area contributed by atoms with Gasteiger partial charge in [0.05, 0.1) is 6.04 Å². The van der Waals surface area contributed by atoms with Crippen LogP contribution in [0.5, 0.6) is 0 Å². The molecule has 0 fully saturated rings. The molecule has 0 spiro atoms. The maximum atomic E-state index is 6.31. The van der Waals surface area contributed by atoms with E-state index in [0.717, 1.165) is 17.5 Å². The molecule has 0 radical (unpaired) electrons. The highest BCUT2D eigenvalue weighted by molar-refractivity contribution is 5.36. The van der Waals surface area contributed by atoms with Gasteiger partial charge >= 0.3 is 0 Å². The zero-order valence-electron chi connectivity index (χ0n) is 10.4. The van der Waals surface area contributed by atoms with Gasteiger partial charge < -0.3 is 5.73 Å². The molecule has 1 aromatic carbocycles. The largest absolute Gasteiger partial charge is 0.320 e. The van der Waals surface area contributed by atoms with Crippen LogP contribution in [0.3, 0.4) is 0 Å². The molecule has 0 bridgehead atoms. The Labute approximate surface area is 103 Å². The van der Waals surface area contributed by atoms with Crippen molar-refractivity contribution in [3.63, 3.8) is 0 Å². The van der Waals surface area contributed by atoms with E-state index >= 15 is 0 Å². The van der Waals surface area contributed by atoms with Gasteiger partial charge in [0.15, 0.2) is 0 Å². The Hall–Kier alpha value is -1.67. The van der Waals surface area contributed by atoms with Crippen LogP contribution in [-0.4, -0.2) is 4.98 Å². The second-order valence-corrected chi connectivity index (χ2v) is 4.31. The molecule has 2 rings (SSSR count). The molecule has 2 heteroatoms. The zero-order chi connectivity index (χ0) is 12.3. The summed E-state index contributed by atoms with van der Waals surface area (Å²) in [5.41, 5.74) is 11.1. The molecule has 2 aromatic rings. The Morgan fingerprint density at radius 3 is 2.82 bits per heavy atom. The summed E-state index contributed by atoms with van der Waals surface area (Å²) in [6, 6.07) is 10.4. The number of hydrogen-bond donors (Lipinski definition) is 1. The van der Waals surface area contributed by atoms with E-state index in [1.165, 1.54) is 11.1 Å². The van der Waals surface area contributed by atoms with Crippen LogP contribution in [0, 0.1) is 6.92 Å². The number of nitrogens with zero attached hydrogens (tertiary/aromatic N) is 1. The highest BCUT2D eigenvalue weighted by Gasteiger charge is 2.11. The van der Waals surface area contributed by atoms with Gasteiger partial charge in [-0.2, -0.15) is 0 Å². The van der Waals surface area contributed by atoms with E-state index in [4.69, 9.17) is 5.73 Å². The van der Waals surface area contributed by atoms with Crippen LogP contribution in [0.15, 0.2) is 42.7 Å². The fourth-order valence-corrected chi connectivity index (χ4v) is 2.02. The van der Waals surface area contributed by atoms with Crippen molar-refractivity contribution < 1.29 is 0 Å². The molecule has 0 saturated heterocycles. The topological polar surface area (TPSA) is 38.9 Å². The molecule has 0 saturated carbocycles. The second-order valence-electron chi connectivity index (χ2n) is 4.31. The standard InChI is InChI=1S/C15H18N2/c1-3-12-5-4-6-13(9-12)15(16)14-7-8-17-10-11(14)2/h4-10,15H,3,16H2,1-2H3. The molecule has 0 aliphatic rings. The fourth-order valence-electron chi connectivity index (χ4n) is 2.02. The van der Waals surface area contributed by atoms with Gasteiger partial charge in [-0.25, -0.2) is 0 Å². The van der Waals surface area contributed by atoms with Crippen molar-refractivity contribution in [3.8, 4) is 0 Å². The maximum absolute atomic E-state index is 6.31. The molecule has 1 heterocycles. The van der Waals surface area contributed by atoms with Gasteiger partial charge in [-0.3, -0.25) is 4.98 Å². The van der Waals surface area contributed by atoms with Crippen molar-refractivity contribution in [2.75, 3.05) is 0 Å². The highest BCUT2D eigenvalue weighted by Crippen LogP contribution is 2.22. The predicted octanol–water partition coefficient (Wildman–Crippen LogP) is 3.00. The maximum Gasteiger partial charge on any atom is 0.0555 e. The molecule has 1 aromatic heterocycles. The van der Waals surface area contributed by atoms with Gasteiger partial charge in [0.25, 0.3) is 0 Å². The minimum absolute atomic E-state index is 0.0653. The van der Waals surface area contributed by atoms with Crippen molar-refractivity contribution in [3.05, 3.63) is 65.0 Å². The van der Waals surface area contributed by atoms with Gasteiger partial charge in [-0.05, 0) is 41.7 Å². The molecule has 2 nitrogen and oxygen atoms in total. The number of nitrogens with two attached hydrogens (primary N) is 1. The minimum atomic E-state index is -0.0653. The van der Waals surface area contributed by atoms with Gasteiger partial charge in [0, 0.05) is 12.4 Å². The van der Waals surface area contributed by atoms with E-state index in [1.54, 1.807) is 6.20 Å². The predicted molar refractivity (Wildman–Crippen MR) is 70.8 cm³/mol. The molecule has 2 N–H and O–H groups in total. The fraction of sp³-hybridized carbons (Fsp3) is 0.267. The summed E-state index contributed by atoms with van der Waals surface area (Å²) < 4.78 is 0. The summed E-state index contributed by atoms with van der Waals surface area (Å²) in [6.07, 6.45) is 4.70. The van der Waals surface area contributed by atoms with Crippen molar-refractivity contribution >= 4 is 0 Å². The molecule has 0 aliphatic carbocycles. The second kappa shape index (κ2) is 5.11. The monoisotopic (exact) mass is 226 g/mol. The third kappa shape index (κ3) is 2.53. The number of benzene rings is 1. The Morgan fingerprint density at radius 1 is 1.29 bits per heavy atom. The summed E-state index contributed by atoms with van der Waals surface area (Å²) >= 11 is 0. The lowest BCUT2D eigenvalue weighted by Crippen LogP contribution is -2.13. The van der Waals surface area contributed by atoms with Crippen LogP contribution in [0.1, 0.15) is 35.2 Å². The molecule has 0 amide bonds. The number of aromatic nitrogens is 1. The summed E-state index contributed by atoms with van der Waals surface area (Å²) in [6.45, 7) is 4.20. The van der Waals surface area contributed by atoms with Crippen LogP contribution in [0.2, 0.25) is 0 Å². The van der Waals surface area contributed by atoms with E-state index in [9.17, 15) is 0 Å². The van der Waals surface area contributed by atoms with Gasteiger partial charge in [-0.15, -0.1) is 0 Å². The third-order valence-electron chi connectivity index (χ3n) is 3.12.